The number of methoxy groups -OCH3 is 1. The van der Waals surface area contributed by atoms with Crippen LogP contribution in [0.25, 0.3) is 5.69 Å². The summed E-state index contributed by atoms with van der Waals surface area (Å²) in [6.45, 7) is 0. The van der Waals surface area contributed by atoms with Crippen molar-refractivity contribution in [3.63, 3.8) is 0 Å². The Bertz CT molecular complexity index is 905. The van der Waals surface area contributed by atoms with E-state index in [1.54, 1.807) is 37.6 Å². The maximum Gasteiger partial charge on any atom is 0.294 e. The standard InChI is InChI=1S/C17H14N4O4/c1-25-14-5-3-13(4-6-14)19-17(22)12-2-7-15(16(10-12)21(23)24)20-9-8-18-11-20/h2-11H,1H3,(H,19,22). The van der Waals surface area contributed by atoms with Crippen LogP contribution >= 0.6 is 0 Å². The van der Waals surface area contributed by atoms with E-state index >= 15 is 0 Å². The first kappa shape index (κ1) is 16.2. The van der Waals surface area contributed by atoms with Crippen LogP contribution in [-0.4, -0.2) is 27.5 Å². The first-order chi connectivity index (χ1) is 12.1. The van der Waals surface area contributed by atoms with Gasteiger partial charge in [-0.2, -0.15) is 0 Å². The number of aromatic nitrogens is 2. The molecule has 3 aromatic rings. The van der Waals surface area contributed by atoms with Crippen LogP contribution < -0.4 is 10.1 Å². The van der Waals surface area contributed by atoms with Gasteiger partial charge in [0, 0.05) is 29.7 Å². The Hall–Kier alpha value is -3.68. The van der Waals surface area contributed by atoms with E-state index in [9.17, 15) is 14.9 Å². The molecule has 8 heteroatoms. The molecule has 0 unspecified atom stereocenters. The van der Waals surface area contributed by atoms with Crippen molar-refractivity contribution in [2.75, 3.05) is 12.4 Å². The van der Waals surface area contributed by atoms with Gasteiger partial charge in [-0.15, -0.1) is 0 Å². The van der Waals surface area contributed by atoms with E-state index in [4.69, 9.17) is 4.74 Å². The maximum atomic E-state index is 12.4. The fourth-order valence-corrected chi connectivity index (χ4v) is 2.31. The van der Waals surface area contributed by atoms with E-state index < -0.39 is 10.8 Å². The molecule has 0 saturated carbocycles. The summed E-state index contributed by atoms with van der Waals surface area (Å²) in [6.07, 6.45) is 4.58. The van der Waals surface area contributed by atoms with Crippen LogP contribution in [0.15, 0.2) is 61.2 Å². The first-order valence-corrected chi connectivity index (χ1v) is 7.30. The number of amides is 1. The van der Waals surface area contributed by atoms with Crippen molar-refractivity contribution >= 4 is 17.3 Å². The topological polar surface area (TPSA) is 99.3 Å². The van der Waals surface area contributed by atoms with Gasteiger partial charge in [-0.1, -0.05) is 0 Å². The smallest absolute Gasteiger partial charge is 0.294 e. The second kappa shape index (κ2) is 6.83. The normalized spacial score (nSPS) is 10.3. The van der Waals surface area contributed by atoms with Gasteiger partial charge in [0.15, 0.2) is 0 Å². The molecular weight excluding hydrogens is 324 g/mol. The van der Waals surface area contributed by atoms with E-state index in [1.165, 1.54) is 35.3 Å². The third-order valence-corrected chi connectivity index (χ3v) is 3.56. The summed E-state index contributed by atoms with van der Waals surface area (Å²) >= 11 is 0. The van der Waals surface area contributed by atoms with Crippen molar-refractivity contribution in [3.05, 3.63) is 76.9 Å². The van der Waals surface area contributed by atoms with Crippen molar-refractivity contribution < 1.29 is 14.5 Å². The van der Waals surface area contributed by atoms with Crippen LogP contribution in [0.1, 0.15) is 10.4 Å². The number of hydrogen-bond acceptors (Lipinski definition) is 5. The number of nitrogens with one attached hydrogen (secondary N) is 1. The molecule has 0 aliphatic rings. The number of carbonyl (C=O) groups excluding carboxylic acids is 1. The number of imidazole rings is 1. The van der Waals surface area contributed by atoms with E-state index in [1.807, 2.05) is 0 Å². The van der Waals surface area contributed by atoms with E-state index in [0.717, 1.165) is 0 Å². The zero-order valence-electron chi connectivity index (χ0n) is 13.2. The number of nitrogens with zero attached hydrogens (tertiary/aromatic N) is 3. The molecule has 0 aliphatic carbocycles. The van der Waals surface area contributed by atoms with E-state index in [-0.39, 0.29) is 11.3 Å². The van der Waals surface area contributed by atoms with Gasteiger partial charge in [-0.05, 0) is 36.4 Å². The molecule has 0 fully saturated rings. The molecule has 0 atom stereocenters. The van der Waals surface area contributed by atoms with Crippen LogP contribution in [0.4, 0.5) is 11.4 Å². The molecule has 8 nitrogen and oxygen atoms in total. The molecule has 0 radical (unpaired) electrons. The highest BCUT2D eigenvalue weighted by Crippen LogP contribution is 2.25. The Labute approximate surface area is 142 Å². The zero-order chi connectivity index (χ0) is 17.8. The molecule has 0 bridgehead atoms. The number of carbonyl (C=O) groups is 1. The summed E-state index contributed by atoms with van der Waals surface area (Å²) < 4.78 is 6.57. The Balaban J connectivity index is 1.87. The SMILES string of the molecule is COc1ccc(NC(=O)c2ccc(-n3ccnc3)c([N+](=O)[O-])c2)cc1. The molecular formula is C17H14N4O4. The number of nitro benzene ring substituents is 1. The summed E-state index contributed by atoms with van der Waals surface area (Å²) in [7, 11) is 1.55. The molecule has 1 heterocycles. The molecule has 126 valence electrons. The molecule has 1 aromatic heterocycles. The lowest BCUT2D eigenvalue weighted by Gasteiger charge is -2.08. The van der Waals surface area contributed by atoms with Crippen LogP contribution in [0.2, 0.25) is 0 Å². The minimum atomic E-state index is -0.528. The van der Waals surface area contributed by atoms with Crippen LogP contribution in [0.3, 0.4) is 0 Å². The molecule has 25 heavy (non-hydrogen) atoms. The number of nitro groups is 1. The quantitative estimate of drug-likeness (QED) is 0.569. The predicted molar refractivity (Wildman–Crippen MR) is 91.2 cm³/mol. The predicted octanol–water partition coefficient (Wildman–Crippen LogP) is 3.04. The molecule has 1 amide bonds. The summed E-state index contributed by atoms with van der Waals surface area (Å²) in [5.74, 6) is 0.226. The summed E-state index contributed by atoms with van der Waals surface area (Å²) in [5.41, 5.74) is 0.905. The van der Waals surface area contributed by atoms with Crippen LogP contribution in [0.5, 0.6) is 5.75 Å². The largest absolute Gasteiger partial charge is 0.497 e. The minimum absolute atomic E-state index is 0.180. The monoisotopic (exact) mass is 338 g/mol. The number of anilines is 1. The first-order valence-electron chi connectivity index (χ1n) is 7.30. The van der Waals surface area contributed by atoms with E-state index in [2.05, 4.69) is 10.3 Å². The summed E-state index contributed by atoms with van der Waals surface area (Å²) in [4.78, 5) is 27.1. The highest BCUT2D eigenvalue weighted by atomic mass is 16.6. The average molecular weight is 338 g/mol. The van der Waals surface area contributed by atoms with E-state index in [0.29, 0.717) is 17.1 Å². The van der Waals surface area contributed by atoms with Crippen molar-refractivity contribution in [2.45, 2.75) is 0 Å². The fourth-order valence-electron chi connectivity index (χ4n) is 2.31. The number of rotatable bonds is 5. The highest BCUT2D eigenvalue weighted by Gasteiger charge is 2.18. The second-order valence-electron chi connectivity index (χ2n) is 5.11. The highest BCUT2D eigenvalue weighted by molar-refractivity contribution is 6.04. The van der Waals surface area contributed by atoms with Crippen LogP contribution in [-0.2, 0) is 0 Å². The summed E-state index contributed by atoms with van der Waals surface area (Å²) in [5, 5.41) is 14.0. The van der Waals surface area contributed by atoms with Gasteiger partial charge >= 0.3 is 0 Å². The number of benzene rings is 2. The lowest BCUT2D eigenvalue weighted by molar-refractivity contribution is -0.384. The molecule has 2 aromatic carbocycles. The average Bonchev–Trinajstić information content (AvgIpc) is 3.16. The number of hydrogen-bond donors (Lipinski definition) is 1. The molecule has 0 spiro atoms. The molecule has 0 saturated heterocycles. The van der Waals surface area contributed by atoms with Crippen molar-refractivity contribution in [2.24, 2.45) is 0 Å². The van der Waals surface area contributed by atoms with Crippen molar-refractivity contribution in [1.29, 1.82) is 0 Å². The molecule has 0 aliphatic heterocycles. The zero-order valence-corrected chi connectivity index (χ0v) is 13.2. The Morgan fingerprint density at radius 1 is 1.24 bits per heavy atom. The van der Waals surface area contributed by atoms with Gasteiger partial charge in [0.05, 0.1) is 18.4 Å². The van der Waals surface area contributed by atoms with Gasteiger partial charge in [0.1, 0.15) is 11.4 Å². The molecule has 3 rings (SSSR count). The Kier molecular flexibility index (Phi) is 4.42. The summed E-state index contributed by atoms with van der Waals surface area (Å²) in [6, 6.07) is 11.1. The van der Waals surface area contributed by atoms with Gasteiger partial charge in [-0.25, -0.2) is 4.98 Å². The number of ether oxygens (including phenoxy) is 1. The second-order valence-corrected chi connectivity index (χ2v) is 5.11. The minimum Gasteiger partial charge on any atom is -0.497 e. The van der Waals surface area contributed by atoms with Gasteiger partial charge in [0.2, 0.25) is 0 Å². The third kappa shape index (κ3) is 3.47. The third-order valence-electron chi connectivity index (χ3n) is 3.56. The van der Waals surface area contributed by atoms with Gasteiger partial charge < -0.3 is 14.6 Å². The fraction of sp³-hybridized carbons (Fsp3) is 0.0588. The van der Waals surface area contributed by atoms with Gasteiger partial charge in [0.25, 0.3) is 11.6 Å². The van der Waals surface area contributed by atoms with Gasteiger partial charge in [-0.3, -0.25) is 14.9 Å². The Morgan fingerprint density at radius 3 is 2.60 bits per heavy atom. The Morgan fingerprint density at radius 2 is 2.00 bits per heavy atom. The van der Waals surface area contributed by atoms with Crippen LogP contribution in [0, 0.1) is 10.1 Å². The molecule has 1 N–H and O–H groups in total. The lowest BCUT2D eigenvalue weighted by Crippen LogP contribution is -2.12. The van der Waals surface area contributed by atoms with Crippen molar-refractivity contribution in [1.82, 2.24) is 9.55 Å². The maximum absolute atomic E-state index is 12.4. The lowest BCUT2D eigenvalue weighted by atomic mass is 10.1. The van der Waals surface area contributed by atoms with Crippen molar-refractivity contribution in [3.8, 4) is 11.4 Å².